The van der Waals surface area contributed by atoms with E-state index in [-0.39, 0.29) is 16.8 Å². The molecule has 120 valence electrons. The van der Waals surface area contributed by atoms with Crippen molar-refractivity contribution in [2.24, 2.45) is 10.8 Å². The van der Waals surface area contributed by atoms with Gasteiger partial charge in [0.05, 0.1) is 16.8 Å². The maximum Gasteiger partial charge on any atom is 0.201 e. The number of benzene rings is 2. The SMILES string of the molecule is N#C/C(=N\Nc1ccc(Oc2ccc(C#N)c(C#N)c2)cc1)C(=N)N. The van der Waals surface area contributed by atoms with Crippen molar-refractivity contribution in [3.63, 3.8) is 0 Å². The highest BCUT2D eigenvalue weighted by molar-refractivity contribution is 6.45. The van der Waals surface area contributed by atoms with E-state index in [2.05, 4.69) is 10.5 Å². The maximum absolute atomic E-state index is 9.02. The Morgan fingerprint density at radius 3 is 2.20 bits per heavy atom. The molecule has 2 rings (SSSR count). The van der Waals surface area contributed by atoms with Crippen molar-refractivity contribution in [1.82, 2.24) is 0 Å². The van der Waals surface area contributed by atoms with Crippen LogP contribution in [0, 0.1) is 39.4 Å². The van der Waals surface area contributed by atoms with E-state index in [9.17, 15) is 0 Å². The number of anilines is 1. The Balaban J connectivity index is 2.11. The molecule has 0 aromatic heterocycles. The molecule has 0 aliphatic carbocycles. The minimum Gasteiger partial charge on any atom is -0.457 e. The van der Waals surface area contributed by atoms with Crippen LogP contribution in [0.1, 0.15) is 11.1 Å². The lowest BCUT2D eigenvalue weighted by Crippen LogP contribution is -2.21. The number of nitrogens with one attached hydrogen (secondary N) is 2. The van der Waals surface area contributed by atoms with Crippen LogP contribution in [0.15, 0.2) is 47.6 Å². The van der Waals surface area contributed by atoms with Crippen LogP contribution in [0.4, 0.5) is 5.69 Å². The minimum absolute atomic E-state index is 0.220. The molecular weight excluding hydrogens is 318 g/mol. The predicted octanol–water partition coefficient (Wildman–Crippen LogP) is 2.45. The van der Waals surface area contributed by atoms with Crippen LogP contribution < -0.4 is 15.9 Å². The number of hydrazone groups is 1. The van der Waals surface area contributed by atoms with Gasteiger partial charge < -0.3 is 10.5 Å². The molecule has 0 spiro atoms. The van der Waals surface area contributed by atoms with Crippen molar-refractivity contribution in [3.8, 4) is 29.7 Å². The molecule has 0 aliphatic heterocycles. The molecule has 0 radical (unpaired) electrons. The number of amidine groups is 1. The fourth-order valence-electron chi connectivity index (χ4n) is 1.78. The van der Waals surface area contributed by atoms with Crippen molar-refractivity contribution in [3.05, 3.63) is 53.6 Å². The first-order valence-electron chi connectivity index (χ1n) is 6.87. The molecule has 2 aromatic rings. The second-order valence-corrected chi connectivity index (χ2v) is 4.66. The molecule has 0 amide bonds. The van der Waals surface area contributed by atoms with Gasteiger partial charge in [-0.1, -0.05) is 0 Å². The van der Waals surface area contributed by atoms with Gasteiger partial charge in [-0.2, -0.15) is 20.9 Å². The Labute approximate surface area is 143 Å². The molecule has 0 aliphatic rings. The zero-order valence-electron chi connectivity index (χ0n) is 12.8. The molecule has 0 unspecified atom stereocenters. The number of nitrogens with zero attached hydrogens (tertiary/aromatic N) is 4. The summed E-state index contributed by atoms with van der Waals surface area (Å²) in [4.78, 5) is 0. The van der Waals surface area contributed by atoms with E-state index in [1.54, 1.807) is 36.4 Å². The van der Waals surface area contributed by atoms with E-state index in [1.807, 2.05) is 12.1 Å². The second-order valence-electron chi connectivity index (χ2n) is 4.66. The first-order chi connectivity index (χ1) is 12.1. The van der Waals surface area contributed by atoms with Crippen LogP contribution in [-0.4, -0.2) is 11.5 Å². The first kappa shape index (κ1) is 17.0. The summed E-state index contributed by atoms with van der Waals surface area (Å²) in [6, 6.07) is 16.8. The standard InChI is InChI=1S/C17H11N7O/c18-8-11-1-4-15(7-12(11)9-19)25-14-5-2-13(3-6-14)23-24-16(10-20)17(21)22/h1-7,23H,(H3,21,22)/b24-16+. The lowest BCUT2D eigenvalue weighted by Gasteiger charge is -2.07. The molecule has 0 bridgehead atoms. The lowest BCUT2D eigenvalue weighted by molar-refractivity contribution is 0.482. The molecule has 0 fully saturated rings. The Bertz CT molecular complexity index is 956. The summed E-state index contributed by atoms with van der Waals surface area (Å²) < 4.78 is 5.63. The largest absolute Gasteiger partial charge is 0.457 e. The first-order valence-corrected chi connectivity index (χ1v) is 6.87. The van der Waals surface area contributed by atoms with Gasteiger partial charge in [-0.05, 0) is 42.5 Å². The normalized spacial score (nSPS) is 10.0. The molecular formula is C17H11N7O. The van der Waals surface area contributed by atoms with Gasteiger partial charge in [-0.15, -0.1) is 0 Å². The van der Waals surface area contributed by atoms with Gasteiger partial charge in [-0.3, -0.25) is 10.8 Å². The van der Waals surface area contributed by atoms with E-state index >= 15 is 0 Å². The van der Waals surface area contributed by atoms with Gasteiger partial charge in [0.25, 0.3) is 0 Å². The fourth-order valence-corrected chi connectivity index (χ4v) is 1.78. The van der Waals surface area contributed by atoms with E-state index < -0.39 is 5.84 Å². The smallest absolute Gasteiger partial charge is 0.201 e. The summed E-state index contributed by atoms with van der Waals surface area (Å²) in [5.74, 6) is 0.511. The molecule has 0 atom stereocenters. The third-order valence-electron chi connectivity index (χ3n) is 2.98. The molecule has 0 saturated carbocycles. The summed E-state index contributed by atoms with van der Waals surface area (Å²) in [5, 5.41) is 37.6. The van der Waals surface area contributed by atoms with Crippen molar-refractivity contribution >= 4 is 17.2 Å². The summed E-state index contributed by atoms with van der Waals surface area (Å²) in [5.41, 5.74) is 8.67. The Morgan fingerprint density at radius 2 is 1.64 bits per heavy atom. The highest BCUT2D eigenvalue weighted by Crippen LogP contribution is 2.25. The molecule has 0 saturated heterocycles. The molecule has 25 heavy (non-hydrogen) atoms. The van der Waals surface area contributed by atoms with Gasteiger partial charge in [-0.25, -0.2) is 0 Å². The summed E-state index contributed by atoms with van der Waals surface area (Å²) in [6.45, 7) is 0. The average molecular weight is 329 g/mol. The third kappa shape index (κ3) is 4.32. The molecule has 2 aromatic carbocycles. The number of ether oxygens (including phenoxy) is 1. The Morgan fingerprint density at radius 1 is 1.00 bits per heavy atom. The Kier molecular flexibility index (Phi) is 5.29. The maximum atomic E-state index is 9.02. The van der Waals surface area contributed by atoms with Crippen LogP contribution in [0.2, 0.25) is 0 Å². The summed E-state index contributed by atoms with van der Waals surface area (Å²) >= 11 is 0. The van der Waals surface area contributed by atoms with Gasteiger partial charge in [0, 0.05) is 0 Å². The van der Waals surface area contributed by atoms with E-state index in [0.717, 1.165) is 0 Å². The highest BCUT2D eigenvalue weighted by atomic mass is 16.5. The quantitative estimate of drug-likeness (QED) is 0.434. The fraction of sp³-hybridized carbons (Fsp3) is 0. The van der Waals surface area contributed by atoms with E-state index in [0.29, 0.717) is 17.2 Å². The molecule has 0 heterocycles. The van der Waals surface area contributed by atoms with E-state index in [1.165, 1.54) is 12.1 Å². The van der Waals surface area contributed by atoms with Crippen LogP contribution in [-0.2, 0) is 0 Å². The molecule has 4 N–H and O–H groups in total. The number of nitriles is 3. The zero-order chi connectivity index (χ0) is 18.2. The van der Waals surface area contributed by atoms with Gasteiger partial charge in [0.2, 0.25) is 5.71 Å². The van der Waals surface area contributed by atoms with Crippen molar-refractivity contribution < 1.29 is 4.74 Å². The summed E-state index contributed by atoms with van der Waals surface area (Å²) in [6.07, 6.45) is 0. The minimum atomic E-state index is -0.427. The predicted molar refractivity (Wildman–Crippen MR) is 91.0 cm³/mol. The van der Waals surface area contributed by atoms with Crippen LogP contribution >= 0.6 is 0 Å². The van der Waals surface area contributed by atoms with Crippen molar-refractivity contribution in [2.75, 3.05) is 5.43 Å². The third-order valence-corrected chi connectivity index (χ3v) is 2.98. The second kappa shape index (κ2) is 7.77. The van der Waals surface area contributed by atoms with E-state index in [4.69, 9.17) is 31.7 Å². The number of hydrogen-bond donors (Lipinski definition) is 3. The number of hydrogen-bond acceptors (Lipinski definition) is 7. The zero-order valence-corrected chi connectivity index (χ0v) is 12.8. The lowest BCUT2D eigenvalue weighted by atomic mass is 10.1. The number of nitrogens with two attached hydrogens (primary N) is 1. The molecule has 8 nitrogen and oxygen atoms in total. The highest BCUT2D eigenvalue weighted by Gasteiger charge is 2.05. The topological polar surface area (TPSA) is 155 Å². The van der Waals surface area contributed by atoms with Crippen LogP contribution in [0.5, 0.6) is 11.5 Å². The van der Waals surface area contributed by atoms with Crippen LogP contribution in [0.25, 0.3) is 0 Å². The van der Waals surface area contributed by atoms with Gasteiger partial charge in [0.15, 0.2) is 5.84 Å². The average Bonchev–Trinajstić information content (AvgIpc) is 2.63. The number of rotatable bonds is 5. The van der Waals surface area contributed by atoms with Crippen LogP contribution in [0.3, 0.4) is 0 Å². The van der Waals surface area contributed by atoms with Gasteiger partial charge >= 0.3 is 0 Å². The van der Waals surface area contributed by atoms with Crippen molar-refractivity contribution in [1.29, 1.82) is 21.2 Å². The van der Waals surface area contributed by atoms with Gasteiger partial charge in [0.1, 0.15) is 29.7 Å². The Hall–Kier alpha value is -4.35. The monoisotopic (exact) mass is 329 g/mol. The summed E-state index contributed by atoms with van der Waals surface area (Å²) in [7, 11) is 0. The van der Waals surface area contributed by atoms with Crippen molar-refractivity contribution in [2.45, 2.75) is 0 Å². The molecule has 8 heteroatoms.